The van der Waals surface area contributed by atoms with Crippen molar-refractivity contribution in [3.05, 3.63) is 28.3 Å². The molecule has 1 aliphatic rings. The minimum absolute atomic E-state index is 0.0394. The maximum Gasteiger partial charge on any atom is 0.333 e. The van der Waals surface area contributed by atoms with E-state index in [4.69, 9.17) is 4.74 Å². The zero-order chi connectivity index (χ0) is 15.3. The quantitative estimate of drug-likeness (QED) is 0.607. The molecule has 116 valence electrons. The molecule has 1 aliphatic heterocycles. The standard InChI is InChI=1S/C15H22N2O3S/c1-3-9-20-13-7-4-6-12(14(13)17(18)19)16-11-15(2)8-5-10-21-15/h4,6-7,16H,3,5,8-11H2,1-2H3. The Balaban J connectivity index is 2.15. The Morgan fingerprint density at radius 2 is 2.33 bits per heavy atom. The minimum Gasteiger partial charge on any atom is -0.487 e. The van der Waals surface area contributed by atoms with Gasteiger partial charge in [0.1, 0.15) is 5.69 Å². The molecular formula is C15H22N2O3S. The summed E-state index contributed by atoms with van der Waals surface area (Å²) in [5, 5.41) is 14.6. The molecule has 1 atom stereocenters. The fourth-order valence-electron chi connectivity index (χ4n) is 2.44. The SMILES string of the molecule is CCCOc1cccc(NCC2(C)CCCS2)c1[N+](=O)[O-]. The average Bonchev–Trinajstić information content (AvgIpc) is 2.90. The van der Waals surface area contributed by atoms with Crippen molar-refractivity contribution in [1.82, 2.24) is 0 Å². The van der Waals surface area contributed by atoms with Gasteiger partial charge in [-0.05, 0) is 44.1 Å². The fraction of sp³-hybridized carbons (Fsp3) is 0.600. The van der Waals surface area contributed by atoms with Crippen LogP contribution in [0.4, 0.5) is 11.4 Å². The molecule has 1 saturated heterocycles. The Hall–Kier alpha value is -1.43. The molecule has 1 N–H and O–H groups in total. The van der Waals surface area contributed by atoms with E-state index in [1.54, 1.807) is 18.2 Å². The summed E-state index contributed by atoms with van der Waals surface area (Å²) in [6.45, 7) is 5.40. The third-order valence-electron chi connectivity index (χ3n) is 3.60. The monoisotopic (exact) mass is 310 g/mol. The lowest BCUT2D eigenvalue weighted by Gasteiger charge is -2.23. The number of ether oxygens (including phenoxy) is 1. The molecule has 0 amide bonds. The van der Waals surface area contributed by atoms with Crippen LogP contribution in [0.1, 0.15) is 33.1 Å². The first kappa shape index (κ1) is 15.9. The maximum atomic E-state index is 11.4. The van der Waals surface area contributed by atoms with Crippen molar-refractivity contribution in [3.8, 4) is 5.75 Å². The molecular weight excluding hydrogens is 288 g/mol. The first-order chi connectivity index (χ1) is 10.1. The molecule has 1 fully saturated rings. The molecule has 1 aromatic rings. The molecule has 0 spiro atoms. The topological polar surface area (TPSA) is 64.4 Å². The summed E-state index contributed by atoms with van der Waals surface area (Å²) in [4.78, 5) is 11.0. The van der Waals surface area contributed by atoms with Crippen LogP contribution in [-0.4, -0.2) is 28.6 Å². The van der Waals surface area contributed by atoms with E-state index in [1.165, 1.54) is 12.2 Å². The van der Waals surface area contributed by atoms with E-state index in [1.807, 2.05) is 18.7 Å². The third kappa shape index (κ3) is 4.03. The molecule has 21 heavy (non-hydrogen) atoms. The summed E-state index contributed by atoms with van der Waals surface area (Å²) in [5.74, 6) is 1.51. The van der Waals surface area contributed by atoms with Crippen LogP contribution >= 0.6 is 11.8 Å². The van der Waals surface area contributed by atoms with E-state index in [0.29, 0.717) is 18.0 Å². The van der Waals surface area contributed by atoms with Crippen LogP contribution in [0.3, 0.4) is 0 Å². The lowest BCUT2D eigenvalue weighted by molar-refractivity contribution is -0.385. The molecule has 0 aliphatic carbocycles. The smallest absolute Gasteiger partial charge is 0.333 e. The summed E-state index contributed by atoms with van der Waals surface area (Å²) < 4.78 is 5.66. The summed E-state index contributed by atoms with van der Waals surface area (Å²) >= 11 is 1.93. The number of rotatable bonds is 7. The van der Waals surface area contributed by atoms with Crippen LogP contribution in [0.15, 0.2) is 18.2 Å². The van der Waals surface area contributed by atoms with Crippen molar-refractivity contribution in [2.75, 3.05) is 24.2 Å². The molecule has 1 aromatic carbocycles. The van der Waals surface area contributed by atoms with Gasteiger partial charge in [-0.3, -0.25) is 10.1 Å². The molecule has 0 saturated carbocycles. The number of nitrogens with zero attached hydrogens (tertiary/aromatic N) is 1. The first-order valence-corrected chi connectivity index (χ1v) is 8.32. The van der Waals surface area contributed by atoms with Gasteiger partial charge in [0.2, 0.25) is 0 Å². The molecule has 0 bridgehead atoms. The van der Waals surface area contributed by atoms with Gasteiger partial charge >= 0.3 is 5.69 Å². The number of nitro benzene ring substituents is 1. The second-order valence-corrected chi connectivity index (χ2v) is 7.20. The predicted octanol–water partition coefficient (Wildman–Crippen LogP) is 4.08. The lowest BCUT2D eigenvalue weighted by Crippen LogP contribution is -2.27. The van der Waals surface area contributed by atoms with Crippen LogP contribution < -0.4 is 10.1 Å². The third-order valence-corrected chi connectivity index (χ3v) is 5.13. The summed E-state index contributed by atoms with van der Waals surface area (Å²) in [6, 6.07) is 5.20. The van der Waals surface area contributed by atoms with Gasteiger partial charge in [0, 0.05) is 11.3 Å². The largest absolute Gasteiger partial charge is 0.487 e. The Labute approximate surface area is 129 Å². The van der Waals surface area contributed by atoms with E-state index in [-0.39, 0.29) is 15.4 Å². The highest BCUT2D eigenvalue weighted by Crippen LogP contribution is 2.40. The van der Waals surface area contributed by atoms with Crippen molar-refractivity contribution < 1.29 is 9.66 Å². The van der Waals surface area contributed by atoms with E-state index in [0.717, 1.165) is 19.4 Å². The Morgan fingerprint density at radius 3 is 2.95 bits per heavy atom. The van der Waals surface area contributed by atoms with Crippen molar-refractivity contribution >= 4 is 23.1 Å². The number of thioether (sulfide) groups is 1. The molecule has 0 aromatic heterocycles. The van der Waals surface area contributed by atoms with Crippen LogP contribution in [0.5, 0.6) is 5.75 Å². The van der Waals surface area contributed by atoms with E-state index in [2.05, 4.69) is 12.2 Å². The Bertz CT molecular complexity index is 502. The summed E-state index contributed by atoms with van der Waals surface area (Å²) in [7, 11) is 0. The van der Waals surface area contributed by atoms with Crippen LogP contribution in [-0.2, 0) is 0 Å². The van der Waals surface area contributed by atoms with E-state index >= 15 is 0 Å². The van der Waals surface area contributed by atoms with Gasteiger partial charge in [-0.1, -0.05) is 13.0 Å². The van der Waals surface area contributed by atoms with E-state index in [9.17, 15) is 10.1 Å². The second-order valence-electron chi connectivity index (χ2n) is 5.51. The highest BCUT2D eigenvalue weighted by Gasteiger charge is 2.30. The summed E-state index contributed by atoms with van der Waals surface area (Å²) in [5.41, 5.74) is 0.583. The van der Waals surface area contributed by atoms with Crippen molar-refractivity contribution in [2.24, 2.45) is 0 Å². The highest BCUT2D eigenvalue weighted by molar-refractivity contribution is 8.00. The molecule has 1 unspecified atom stereocenters. The minimum atomic E-state index is -0.364. The molecule has 6 heteroatoms. The van der Waals surface area contributed by atoms with Gasteiger partial charge in [-0.25, -0.2) is 0 Å². The number of para-hydroxylation sites is 1. The molecule has 5 nitrogen and oxygen atoms in total. The predicted molar refractivity (Wildman–Crippen MR) is 87.5 cm³/mol. The zero-order valence-corrected chi connectivity index (χ0v) is 13.4. The van der Waals surface area contributed by atoms with Gasteiger partial charge in [-0.15, -0.1) is 0 Å². The maximum absolute atomic E-state index is 11.4. The first-order valence-electron chi connectivity index (χ1n) is 7.34. The van der Waals surface area contributed by atoms with Gasteiger partial charge in [0.25, 0.3) is 0 Å². The van der Waals surface area contributed by atoms with E-state index < -0.39 is 0 Å². The summed E-state index contributed by atoms with van der Waals surface area (Å²) in [6.07, 6.45) is 3.18. The van der Waals surface area contributed by atoms with Crippen LogP contribution in [0, 0.1) is 10.1 Å². The van der Waals surface area contributed by atoms with Gasteiger partial charge in [0.05, 0.1) is 11.5 Å². The second kappa shape index (κ2) is 7.02. The number of anilines is 1. The van der Waals surface area contributed by atoms with Crippen molar-refractivity contribution in [1.29, 1.82) is 0 Å². The number of nitro groups is 1. The number of hydrogen-bond acceptors (Lipinski definition) is 5. The molecule has 2 rings (SSSR count). The molecule has 0 radical (unpaired) electrons. The van der Waals surface area contributed by atoms with Gasteiger partial charge < -0.3 is 10.1 Å². The number of hydrogen-bond donors (Lipinski definition) is 1. The number of nitrogens with one attached hydrogen (secondary N) is 1. The van der Waals surface area contributed by atoms with Crippen LogP contribution in [0.2, 0.25) is 0 Å². The Morgan fingerprint density at radius 1 is 1.52 bits per heavy atom. The fourth-order valence-corrected chi connectivity index (χ4v) is 3.68. The highest BCUT2D eigenvalue weighted by atomic mass is 32.2. The number of benzene rings is 1. The molecule has 1 heterocycles. The normalized spacial score (nSPS) is 21.2. The van der Waals surface area contributed by atoms with Gasteiger partial charge in [-0.2, -0.15) is 11.8 Å². The van der Waals surface area contributed by atoms with Crippen molar-refractivity contribution in [2.45, 2.75) is 37.9 Å². The lowest BCUT2D eigenvalue weighted by atomic mass is 10.1. The van der Waals surface area contributed by atoms with Crippen LogP contribution in [0.25, 0.3) is 0 Å². The average molecular weight is 310 g/mol. The zero-order valence-electron chi connectivity index (χ0n) is 12.6. The Kier molecular flexibility index (Phi) is 5.33. The van der Waals surface area contributed by atoms with Gasteiger partial charge in [0.15, 0.2) is 5.75 Å². The van der Waals surface area contributed by atoms with Crippen molar-refractivity contribution in [3.63, 3.8) is 0 Å².